The zero-order chi connectivity index (χ0) is 14.1. The number of hydrogen-bond acceptors (Lipinski definition) is 4. The molecule has 0 bridgehead atoms. The largest absolute Gasteiger partial charge is 0.378 e. The predicted octanol–water partition coefficient (Wildman–Crippen LogP) is 0.828. The average molecular weight is 287 g/mol. The maximum Gasteiger partial charge on any atom is 0.270 e. The van der Waals surface area contributed by atoms with E-state index in [0.29, 0.717) is 0 Å². The minimum absolute atomic E-state index is 0.0881. The van der Waals surface area contributed by atoms with Gasteiger partial charge in [0.25, 0.3) is 5.56 Å². The summed E-state index contributed by atoms with van der Waals surface area (Å²) in [6.45, 7) is 1.62. The fraction of sp³-hybridized carbons (Fsp3) is 0.333. The van der Waals surface area contributed by atoms with Crippen LogP contribution in [0.2, 0.25) is 0 Å². The first kappa shape index (κ1) is 13.1. The fourth-order valence-corrected chi connectivity index (χ4v) is 3.28. The Morgan fingerprint density at radius 2 is 2.05 bits per heavy atom. The number of benzene rings is 1. The number of anilines is 1. The molecule has 3 rings (SSSR count). The smallest absolute Gasteiger partial charge is 0.270 e. The summed E-state index contributed by atoms with van der Waals surface area (Å²) in [5, 5.41) is 0. The fourth-order valence-electron chi connectivity index (χ4n) is 2.25. The Hall–Kier alpha value is -1.88. The highest BCUT2D eigenvalue weighted by Gasteiger charge is 2.08. The van der Waals surface area contributed by atoms with Crippen molar-refractivity contribution in [2.24, 2.45) is 4.99 Å². The summed E-state index contributed by atoms with van der Waals surface area (Å²) >= 11 is 1.49. The second kappa shape index (κ2) is 5.25. The molecule has 4 nitrogen and oxygen atoms in total. The summed E-state index contributed by atoms with van der Waals surface area (Å²) in [7, 11) is 4.03. The minimum Gasteiger partial charge on any atom is -0.378 e. The van der Waals surface area contributed by atoms with E-state index in [0.717, 1.165) is 40.1 Å². The molecule has 5 heteroatoms. The molecule has 0 atom stereocenters. The molecule has 1 aromatic heterocycles. The van der Waals surface area contributed by atoms with E-state index in [4.69, 9.17) is 0 Å². The van der Waals surface area contributed by atoms with Crippen molar-refractivity contribution in [3.05, 3.63) is 49.5 Å². The third-order valence-electron chi connectivity index (χ3n) is 3.38. The molecular weight excluding hydrogens is 270 g/mol. The van der Waals surface area contributed by atoms with Gasteiger partial charge in [-0.2, -0.15) is 0 Å². The third-order valence-corrected chi connectivity index (χ3v) is 4.43. The Balaban J connectivity index is 2.05. The molecule has 0 saturated carbocycles. The van der Waals surface area contributed by atoms with Crippen LogP contribution in [-0.2, 0) is 6.54 Å². The summed E-state index contributed by atoms with van der Waals surface area (Å²) in [6, 6.07) is 8.19. The van der Waals surface area contributed by atoms with Crippen LogP contribution in [0.15, 0.2) is 34.1 Å². The van der Waals surface area contributed by atoms with Gasteiger partial charge in [0.05, 0.1) is 4.53 Å². The minimum atomic E-state index is 0.0881. The zero-order valence-corrected chi connectivity index (χ0v) is 12.5. The number of hydrogen-bond donors (Lipinski definition) is 0. The van der Waals surface area contributed by atoms with Crippen molar-refractivity contribution in [3.63, 3.8) is 0 Å². The van der Waals surface area contributed by atoms with Crippen molar-refractivity contribution in [1.82, 2.24) is 4.57 Å². The summed E-state index contributed by atoms with van der Waals surface area (Å²) < 4.78 is 2.55. The highest BCUT2D eigenvalue weighted by molar-refractivity contribution is 7.07. The average Bonchev–Trinajstić information content (AvgIpc) is 2.77. The Labute approximate surface area is 121 Å². The summed E-state index contributed by atoms with van der Waals surface area (Å²) in [5.74, 6) is 0. The van der Waals surface area contributed by atoms with Gasteiger partial charge in [0.1, 0.15) is 0 Å². The molecule has 2 aromatic rings. The van der Waals surface area contributed by atoms with Crippen LogP contribution in [0.5, 0.6) is 0 Å². The first-order valence-electron chi connectivity index (χ1n) is 6.68. The van der Waals surface area contributed by atoms with Crippen molar-refractivity contribution < 1.29 is 0 Å². The number of fused-ring (bicyclic) bond motifs is 1. The van der Waals surface area contributed by atoms with Crippen molar-refractivity contribution in [1.29, 1.82) is 0 Å². The normalized spacial score (nSPS) is 14.8. The lowest BCUT2D eigenvalue weighted by atomic mass is 10.2. The lowest BCUT2D eigenvalue weighted by Gasteiger charge is -2.11. The van der Waals surface area contributed by atoms with Crippen LogP contribution in [0.1, 0.15) is 12.0 Å². The van der Waals surface area contributed by atoms with E-state index in [1.54, 1.807) is 4.57 Å². The van der Waals surface area contributed by atoms with E-state index in [1.165, 1.54) is 11.3 Å². The molecule has 0 unspecified atom stereocenters. The standard InChI is InChI=1S/C15H17N3OS/c1-17(2)12-6-4-11(5-7-12)10-13-14(19)18-9-3-8-16-15(18)20-13/h4-7,10H,3,8-9H2,1-2H3/b13-10+. The molecule has 104 valence electrons. The van der Waals surface area contributed by atoms with E-state index in [1.807, 2.05) is 32.3 Å². The van der Waals surface area contributed by atoms with Crippen molar-refractivity contribution in [2.75, 3.05) is 25.5 Å². The molecule has 0 N–H and O–H groups in total. The van der Waals surface area contributed by atoms with E-state index in [-0.39, 0.29) is 5.56 Å². The second-order valence-corrected chi connectivity index (χ2v) is 6.08. The summed E-state index contributed by atoms with van der Waals surface area (Å²) in [6.07, 6.45) is 2.91. The Bertz CT molecular complexity index is 784. The van der Waals surface area contributed by atoms with Gasteiger partial charge in [0.2, 0.25) is 0 Å². The van der Waals surface area contributed by atoms with Crippen LogP contribution in [0.3, 0.4) is 0 Å². The first-order valence-corrected chi connectivity index (χ1v) is 7.50. The monoisotopic (exact) mass is 287 g/mol. The van der Waals surface area contributed by atoms with Crippen molar-refractivity contribution in [2.45, 2.75) is 13.0 Å². The second-order valence-electron chi connectivity index (χ2n) is 5.07. The summed E-state index contributed by atoms with van der Waals surface area (Å²) in [5.41, 5.74) is 2.29. The van der Waals surface area contributed by atoms with E-state index < -0.39 is 0 Å². The van der Waals surface area contributed by atoms with E-state index in [9.17, 15) is 4.79 Å². The van der Waals surface area contributed by atoms with Crippen LogP contribution >= 0.6 is 11.3 Å². The third kappa shape index (κ3) is 2.41. The van der Waals surface area contributed by atoms with Gasteiger partial charge in [-0.25, -0.2) is 0 Å². The lowest BCUT2D eigenvalue weighted by Crippen LogP contribution is -2.33. The van der Waals surface area contributed by atoms with Gasteiger partial charge in [0, 0.05) is 32.9 Å². The van der Waals surface area contributed by atoms with Gasteiger partial charge in [-0.15, -0.1) is 0 Å². The summed E-state index contributed by atoms with van der Waals surface area (Å²) in [4.78, 5) is 19.6. The maximum atomic E-state index is 12.3. The van der Waals surface area contributed by atoms with Crippen LogP contribution in [0.25, 0.3) is 6.08 Å². The van der Waals surface area contributed by atoms with Gasteiger partial charge in [-0.05, 0) is 30.2 Å². The SMILES string of the molecule is CN(C)c1ccc(/C=c2/sc3n(c2=O)CCCN=3)cc1. The Kier molecular flexibility index (Phi) is 3.44. The maximum absolute atomic E-state index is 12.3. The number of nitrogens with zero attached hydrogens (tertiary/aromatic N) is 3. The molecule has 20 heavy (non-hydrogen) atoms. The van der Waals surface area contributed by atoms with Crippen LogP contribution in [-0.4, -0.2) is 25.2 Å². The molecule has 2 heterocycles. The number of thiazole rings is 1. The van der Waals surface area contributed by atoms with Gasteiger partial charge in [-0.1, -0.05) is 23.5 Å². The molecular formula is C15H17N3OS. The van der Waals surface area contributed by atoms with Gasteiger partial charge < -0.3 is 4.90 Å². The molecule has 0 saturated heterocycles. The zero-order valence-electron chi connectivity index (χ0n) is 11.7. The van der Waals surface area contributed by atoms with Crippen molar-refractivity contribution >= 4 is 23.1 Å². The molecule has 0 aliphatic carbocycles. The van der Waals surface area contributed by atoms with E-state index in [2.05, 4.69) is 22.0 Å². The molecule has 1 aromatic carbocycles. The van der Waals surface area contributed by atoms with Gasteiger partial charge >= 0.3 is 0 Å². The lowest BCUT2D eigenvalue weighted by molar-refractivity contribution is 0.573. The van der Waals surface area contributed by atoms with E-state index >= 15 is 0 Å². The van der Waals surface area contributed by atoms with Crippen LogP contribution in [0.4, 0.5) is 5.69 Å². The van der Waals surface area contributed by atoms with Gasteiger partial charge in [0.15, 0.2) is 4.80 Å². The van der Waals surface area contributed by atoms with Gasteiger partial charge in [-0.3, -0.25) is 14.4 Å². The van der Waals surface area contributed by atoms with Crippen molar-refractivity contribution in [3.8, 4) is 0 Å². The van der Waals surface area contributed by atoms with Crippen LogP contribution < -0.4 is 19.8 Å². The molecule has 0 radical (unpaired) electrons. The molecule has 0 spiro atoms. The molecule has 0 fully saturated rings. The number of rotatable bonds is 2. The predicted molar refractivity (Wildman–Crippen MR) is 83.2 cm³/mol. The highest BCUT2D eigenvalue weighted by Crippen LogP contribution is 2.12. The quantitative estimate of drug-likeness (QED) is 0.820. The molecule has 1 aliphatic rings. The Morgan fingerprint density at radius 1 is 1.30 bits per heavy atom. The number of aromatic nitrogens is 1. The highest BCUT2D eigenvalue weighted by atomic mass is 32.1. The Morgan fingerprint density at radius 3 is 2.70 bits per heavy atom. The molecule has 1 aliphatic heterocycles. The topological polar surface area (TPSA) is 37.6 Å². The first-order chi connectivity index (χ1) is 9.65. The van der Waals surface area contributed by atoms with Crippen LogP contribution in [0, 0.1) is 0 Å². The molecule has 0 amide bonds.